The quantitative estimate of drug-likeness (QED) is 0.813. The van der Waals surface area contributed by atoms with E-state index in [1.807, 2.05) is 36.4 Å². The van der Waals surface area contributed by atoms with Gasteiger partial charge >= 0.3 is 0 Å². The number of nitrogens with one attached hydrogen (secondary N) is 2. The fraction of sp³-hybridized carbons (Fsp3) is 0.118. The highest BCUT2D eigenvalue weighted by Crippen LogP contribution is 2.33. The summed E-state index contributed by atoms with van der Waals surface area (Å²) in [7, 11) is 0. The van der Waals surface area contributed by atoms with E-state index in [0.717, 1.165) is 16.2 Å². The molecule has 2 amide bonds. The van der Waals surface area contributed by atoms with Crippen molar-refractivity contribution in [2.75, 3.05) is 10.2 Å². The number of nitrogens with zero attached hydrogens (tertiary/aromatic N) is 1. The number of rotatable bonds is 4. The van der Waals surface area contributed by atoms with E-state index in [9.17, 15) is 9.59 Å². The minimum absolute atomic E-state index is 0.0244. The SMILES string of the molecule is N=C1S[C@H](CC(=O)Nc2ccccc2Br)C(=O)N1c1ccccc1. The number of carbonyl (C=O) groups excluding carboxylic acids is 2. The predicted octanol–water partition coefficient (Wildman–Crippen LogP) is 3.86. The zero-order valence-corrected chi connectivity index (χ0v) is 14.9. The molecule has 2 aromatic rings. The van der Waals surface area contributed by atoms with Crippen molar-refractivity contribution in [3.8, 4) is 0 Å². The first kappa shape index (κ1) is 16.7. The molecule has 1 heterocycles. The Bertz CT molecular complexity index is 797. The third kappa shape index (κ3) is 3.52. The summed E-state index contributed by atoms with van der Waals surface area (Å²) >= 11 is 4.48. The smallest absolute Gasteiger partial charge is 0.247 e. The van der Waals surface area contributed by atoms with Crippen LogP contribution in [0, 0.1) is 5.41 Å². The van der Waals surface area contributed by atoms with E-state index in [4.69, 9.17) is 5.41 Å². The van der Waals surface area contributed by atoms with Crippen molar-refractivity contribution in [3.63, 3.8) is 0 Å². The highest BCUT2D eigenvalue weighted by molar-refractivity contribution is 9.10. The average molecular weight is 404 g/mol. The number of hydrogen-bond donors (Lipinski definition) is 2. The van der Waals surface area contributed by atoms with Crippen molar-refractivity contribution in [2.24, 2.45) is 0 Å². The van der Waals surface area contributed by atoms with Crippen LogP contribution in [0.5, 0.6) is 0 Å². The molecule has 1 aliphatic heterocycles. The van der Waals surface area contributed by atoms with E-state index < -0.39 is 5.25 Å². The molecule has 2 N–H and O–H groups in total. The van der Waals surface area contributed by atoms with E-state index in [-0.39, 0.29) is 23.4 Å². The summed E-state index contributed by atoms with van der Waals surface area (Å²) in [5.74, 6) is -0.492. The Morgan fingerprint density at radius 1 is 1.17 bits per heavy atom. The van der Waals surface area contributed by atoms with Crippen LogP contribution in [-0.4, -0.2) is 22.2 Å². The molecule has 0 spiro atoms. The van der Waals surface area contributed by atoms with Crippen LogP contribution in [0.15, 0.2) is 59.1 Å². The van der Waals surface area contributed by atoms with Gasteiger partial charge in [-0.3, -0.25) is 19.9 Å². The molecule has 1 fully saturated rings. The molecular formula is C17H14BrN3O2S. The Kier molecular flexibility index (Phi) is 5.01. The molecule has 5 nitrogen and oxygen atoms in total. The van der Waals surface area contributed by atoms with Gasteiger partial charge < -0.3 is 5.32 Å². The number of benzene rings is 2. The van der Waals surface area contributed by atoms with Crippen LogP contribution in [0.2, 0.25) is 0 Å². The van der Waals surface area contributed by atoms with Gasteiger partial charge in [-0.05, 0) is 40.2 Å². The minimum Gasteiger partial charge on any atom is -0.325 e. The average Bonchev–Trinajstić information content (AvgIpc) is 2.84. The molecule has 24 heavy (non-hydrogen) atoms. The number of hydrogen-bond acceptors (Lipinski definition) is 4. The Balaban J connectivity index is 1.68. The zero-order valence-electron chi connectivity index (χ0n) is 12.5. The fourth-order valence-electron chi connectivity index (χ4n) is 2.36. The maximum atomic E-state index is 12.5. The number of amides is 2. The van der Waals surface area contributed by atoms with Gasteiger partial charge in [-0.2, -0.15) is 0 Å². The van der Waals surface area contributed by atoms with Gasteiger partial charge in [-0.15, -0.1) is 0 Å². The lowest BCUT2D eigenvalue weighted by atomic mass is 10.2. The van der Waals surface area contributed by atoms with Crippen molar-refractivity contribution in [2.45, 2.75) is 11.7 Å². The molecule has 0 saturated carbocycles. The number of carbonyl (C=O) groups is 2. The lowest BCUT2D eigenvalue weighted by Gasteiger charge is -2.15. The molecule has 1 saturated heterocycles. The Morgan fingerprint density at radius 2 is 1.83 bits per heavy atom. The van der Waals surface area contributed by atoms with E-state index in [1.54, 1.807) is 18.2 Å². The molecule has 0 bridgehead atoms. The molecule has 0 aromatic heterocycles. The minimum atomic E-state index is -0.583. The lowest BCUT2D eigenvalue weighted by molar-refractivity contribution is -0.121. The van der Waals surface area contributed by atoms with Gasteiger partial charge in [-0.1, -0.05) is 42.1 Å². The summed E-state index contributed by atoms with van der Waals surface area (Å²) in [5, 5.41) is 10.4. The van der Waals surface area contributed by atoms with E-state index in [1.165, 1.54) is 4.90 Å². The number of amidine groups is 1. The Labute approximate surface area is 152 Å². The number of para-hydroxylation sites is 2. The van der Waals surface area contributed by atoms with Gasteiger partial charge in [0.25, 0.3) is 0 Å². The van der Waals surface area contributed by atoms with Crippen LogP contribution in [0.4, 0.5) is 11.4 Å². The third-order valence-electron chi connectivity index (χ3n) is 3.49. The largest absolute Gasteiger partial charge is 0.325 e. The van der Waals surface area contributed by atoms with Crippen molar-refractivity contribution in [1.29, 1.82) is 5.41 Å². The number of thioether (sulfide) groups is 1. The monoisotopic (exact) mass is 403 g/mol. The van der Waals surface area contributed by atoms with Gasteiger partial charge in [0.05, 0.1) is 11.4 Å². The van der Waals surface area contributed by atoms with Crippen LogP contribution >= 0.6 is 27.7 Å². The first-order valence-corrected chi connectivity index (χ1v) is 8.92. The summed E-state index contributed by atoms with van der Waals surface area (Å²) in [6.07, 6.45) is 0.0244. The van der Waals surface area contributed by atoms with Crippen LogP contribution in [-0.2, 0) is 9.59 Å². The zero-order chi connectivity index (χ0) is 17.1. The Morgan fingerprint density at radius 3 is 2.54 bits per heavy atom. The van der Waals surface area contributed by atoms with Gasteiger partial charge in [0.1, 0.15) is 5.25 Å². The fourth-order valence-corrected chi connectivity index (χ4v) is 3.76. The van der Waals surface area contributed by atoms with E-state index >= 15 is 0 Å². The van der Waals surface area contributed by atoms with Crippen LogP contribution in [0.3, 0.4) is 0 Å². The van der Waals surface area contributed by atoms with Crippen molar-refractivity contribution in [3.05, 3.63) is 59.1 Å². The Hall–Kier alpha value is -2.12. The summed E-state index contributed by atoms with van der Waals surface area (Å²) < 4.78 is 0.780. The normalized spacial score (nSPS) is 17.2. The molecule has 3 rings (SSSR count). The predicted molar refractivity (Wildman–Crippen MR) is 100 cm³/mol. The molecule has 2 aromatic carbocycles. The van der Waals surface area contributed by atoms with Gasteiger partial charge in [0, 0.05) is 10.9 Å². The second-order valence-corrected chi connectivity index (χ2v) is 7.20. The number of halogens is 1. The van der Waals surface area contributed by atoms with E-state index in [0.29, 0.717) is 11.4 Å². The molecule has 0 unspecified atom stereocenters. The lowest BCUT2D eigenvalue weighted by Crippen LogP contribution is -2.33. The van der Waals surface area contributed by atoms with Crippen molar-refractivity contribution in [1.82, 2.24) is 0 Å². The molecule has 1 atom stereocenters. The molecule has 1 aliphatic rings. The molecule has 7 heteroatoms. The topological polar surface area (TPSA) is 73.3 Å². The van der Waals surface area contributed by atoms with Gasteiger partial charge in [0.2, 0.25) is 11.8 Å². The maximum Gasteiger partial charge on any atom is 0.247 e. The summed E-state index contributed by atoms with van der Waals surface area (Å²) in [4.78, 5) is 26.1. The first-order valence-electron chi connectivity index (χ1n) is 7.25. The van der Waals surface area contributed by atoms with Crippen LogP contribution in [0.25, 0.3) is 0 Å². The van der Waals surface area contributed by atoms with Gasteiger partial charge in [0.15, 0.2) is 5.17 Å². The highest BCUT2D eigenvalue weighted by atomic mass is 79.9. The molecular weight excluding hydrogens is 390 g/mol. The second-order valence-electron chi connectivity index (χ2n) is 5.15. The van der Waals surface area contributed by atoms with Crippen molar-refractivity contribution < 1.29 is 9.59 Å². The molecule has 0 radical (unpaired) electrons. The number of anilines is 2. The molecule has 0 aliphatic carbocycles. The highest BCUT2D eigenvalue weighted by Gasteiger charge is 2.39. The van der Waals surface area contributed by atoms with Crippen molar-refractivity contribution >= 4 is 56.0 Å². The second kappa shape index (κ2) is 7.19. The van der Waals surface area contributed by atoms with Crippen LogP contribution < -0.4 is 10.2 Å². The first-order chi connectivity index (χ1) is 11.6. The summed E-state index contributed by atoms with van der Waals surface area (Å²) in [6, 6.07) is 16.3. The van der Waals surface area contributed by atoms with Gasteiger partial charge in [-0.25, -0.2) is 0 Å². The summed E-state index contributed by atoms with van der Waals surface area (Å²) in [5.41, 5.74) is 1.31. The van der Waals surface area contributed by atoms with Crippen LogP contribution in [0.1, 0.15) is 6.42 Å². The summed E-state index contributed by atoms with van der Waals surface area (Å²) in [6.45, 7) is 0. The van der Waals surface area contributed by atoms with E-state index in [2.05, 4.69) is 21.2 Å². The standard InChI is InChI=1S/C17H14BrN3O2S/c18-12-8-4-5-9-13(12)20-15(22)10-14-16(23)21(17(19)24-14)11-6-2-1-3-7-11/h1-9,14,19H,10H2,(H,20,22)/t14-/m1/s1. The maximum absolute atomic E-state index is 12.5. The molecule has 122 valence electrons. The third-order valence-corrected chi connectivity index (χ3v) is 5.24.